The zero-order valence-corrected chi connectivity index (χ0v) is 16.9. The van der Waals surface area contributed by atoms with Crippen molar-refractivity contribution in [1.82, 2.24) is 9.80 Å². The molecule has 0 aliphatic carbocycles. The summed E-state index contributed by atoms with van der Waals surface area (Å²) in [6.45, 7) is 10.2. The lowest BCUT2D eigenvalue weighted by molar-refractivity contribution is 0.0331. The van der Waals surface area contributed by atoms with Gasteiger partial charge in [0, 0.05) is 63.7 Å². The minimum atomic E-state index is -3.22. The monoisotopic (exact) mass is 404 g/mol. The molecule has 2 aliphatic rings. The average Bonchev–Trinajstić information content (AvgIpc) is 2.61. The van der Waals surface area contributed by atoms with E-state index < -0.39 is 10.0 Å². The van der Waals surface area contributed by atoms with Crippen LogP contribution in [0.2, 0.25) is 0 Å². The lowest BCUT2D eigenvalue weighted by Gasteiger charge is -2.37. The Bertz CT molecular complexity index is 642. The molecule has 1 aromatic carbocycles. The molecule has 3 rings (SSSR count). The number of ether oxygens (including phenoxy) is 1. The van der Waals surface area contributed by atoms with E-state index in [-0.39, 0.29) is 12.4 Å². The van der Waals surface area contributed by atoms with E-state index in [0.717, 1.165) is 77.5 Å². The molecule has 1 aromatic rings. The lowest BCUT2D eigenvalue weighted by atomic mass is 10.2. The Kier molecular flexibility index (Phi) is 7.97. The number of benzene rings is 1. The van der Waals surface area contributed by atoms with Gasteiger partial charge >= 0.3 is 0 Å². The maximum atomic E-state index is 11.3. The highest BCUT2D eigenvalue weighted by molar-refractivity contribution is 7.92. The summed E-state index contributed by atoms with van der Waals surface area (Å²) >= 11 is 0. The van der Waals surface area contributed by atoms with E-state index >= 15 is 0 Å². The first-order valence-electron chi connectivity index (χ1n) is 8.85. The Morgan fingerprint density at radius 3 is 2.00 bits per heavy atom. The van der Waals surface area contributed by atoms with E-state index in [0.29, 0.717) is 5.69 Å². The molecule has 0 atom stereocenters. The molecule has 0 amide bonds. The maximum absolute atomic E-state index is 11.3. The highest BCUT2D eigenvalue weighted by atomic mass is 35.5. The van der Waals surface area contributed by atoms with Gasteiger partial charge in [-0.1, -0.05) is 0 Å². The van der Waals surface area contributed by atoms with Crippen LogP contribution < -0.4 is 9.62 Å². The molecular formula is C17H29ClN4O3S. The summed E-state index contributed by atoms with van der Waals surface area (Å²) in [5, 5.41) is 0. The third-order valence-corrected chi connectivity index (χ3v) is 5.35. The van der Waals surface area contributed by atoms with Gasteiger partial charge in [0.2, 0.25) is 10.0 Å². The first kappa shape index (κ1) is 21.2. The fourth-order valence-electron chi connectivity index (χ4n) is 3.29. The predicted molar refractivity (Wildman–Crippen MR) is 108 cm³/mol. The minimum absolute atomic E-state index is 0. The number of hydrogen-bond donors (Lipinski definition) is 1. The molecule has 2 aliphatic heterocycles. The van der Waals surface area contributed by atoms with Crippen LogP contribution in [0, 0.1) is 0 Å². The van der Waals surface area contributed by atoms with Crippen LogP contribution in [-0.4, -0.2) is 90.0 Å². The van der Waals surface area contributed by atoms with Gasteiger partial charge in [-0.15, -0.1) is 12.4 Å². The van der Waals surface area contributed by atoms with Crippen LogP contribution in [-0.2, 0) is 14.8 Å². The molecule has 0 saturated carbocycles. The summed E-state index contributed by atoms with van der Waals surface area (Å²) in [4.78, 5) is 7.35. The second-order valence-electron chi connectivity index (χ2n) is 6.70. The Labute approximate surface area is 162 Å². The van der Waals surface area contributed by atoms with Crippen LogP contribution in [0.3, 0.4) is 0 Å². The molecule has 2 saturated heterocycles. The minimum Gasteiger partial charge on any atom is -0.379 e. The van der Waals surface area contributed by atoms with Crippen LogP contribution >= 0.6 is 12.4 Å². The first-order valence-corrected chi connectivity index (χ1v) is 10.7. The number of rotatable bonds is 6. The van der Waals surface area contributed by atoms with E-state index in [1.807, 2.05) is 24.3 Å². The van der Waals surface area contributed by atoms with E-state index in [2.05, 4.69) is 19.4 Å². The van der Waals surface area contributed by atoms with Crippen LogP contribution in [0.1, 0.15) is 0 Å². The van der Waals surface area contributed by atoms with Gasteiger partial charge in [-0.2, -0.15) is 0 Å². The van der Waals surface area contributed by atoms with Crippen LogP contribution in [0.5, 0.6) is 0 Å². The van der Waals surface area contributed by atoms with Crippen LogP contribution in [0.4, 0.5) is 11.4 Å². The molecule has 0 radical (unpaired) electrons. The quantitative estimate of drug-likeness (QED) is 0.761. The van der Waals surface area contributed by atoms with Crippen molar-refractivity contribution in [2.45, 2.75) is 0 Å². The van der Waals surface area contributed by atoms with E-state index in [4.69, 9.17) is 4.74 Å². The third kappa shape index (κ3) is 6.59. The first-order chi connectivity index (χ1) is 12.0. The topological polar surface area (TPSA) is 65.1 Å². The highest BCUT2D eigenvalue weighted by Crippen LogP contribution is 2.20. The summed E-state index contributed by atoms with van der Waals surface area (Å²) in [6.07, 6.45) is 1.16. The van der Waals surface area contributed by atoms with Gasteiger partial charge < -0.3 is 9.64 Å². The van der Waals surface area contributed by atoms with Gasteiger partial charge in [0.1, 0.15) is 0 Å². The lowest BCUT2D eigenvalue weighted by Crippen LogP contribution is -2.49. The van der Waals surface area contributed by atoms with Crippen molar-refractivity contribution in [3.8, 4) is 0 Å². The molecule has 1 N–H and O–H groups in total. The average molecular weight is 405 g/mol. The van der Waals surface area contributed by atoms with Crippen LogP contribution in [0.15, 0.2) is 24.3 Å². The molecule has 9 heteroatoms. The fraction of sp³-hybridized carbons (Fsp3) is 0.647. The summed E-state index contributed by atoms with van der Waals surface area (Å²) in [6, 6.07) is 7.61. The van der Waals surface area contributed by atoms with Crippen molar-refractivity contribution < 1.29 is 13.2 Å². The van der Waals surface area contributed by atoms with Crippen molar-refractivity contribution in [2.75, 3.05) is 81.4 Å². The van der Waals surface area contributed by atoms with Gasteiger partial charge in [0.25, 0.3) is 0 Å². The van der Waals surface area contributed by atoms with Crippen molar-refractivity contribution in [3.05, 3.63) is 24.3 Å². The predicted octanol–water partition coefficient (Wildman–Crippen LogP) is 0.934. The van der Waals surface area contributed by atoms with Gasteiger partial charge in [-0.3, -0.25) is 14.5 Å². The largest absolute Gasteiger partial charge is 0.379 e. The normalized spacial score (nSPS) is 19.8. The van der Waals surface area contributed by atoms with Crippen molar-refractivity contribution in [2.24, 2.45) is 0 Å². The summed E-state index contributed by atoms with van der Waals surface area (Å²) in [5.74, 6) is 0. The van der Waals surface area contributed by atoms with Gasteiger partial charge in [0.05, 0.1) is 19.5 Å². The van der Waals surface area contributed by atoms with Crippen molar-refractivity contribution in [3.63, 3.8) is 0 Å². The second kappa shape index (κ2) is 9.75. The van der Waals surface area contributed by atoms with Gasteiger partial charge in [-0.05, 0) is 24.3 Å². The SMILES string of the molecule is CS(=O)(=O)Nc1ccc(N2CCN(CCN3CCOCC3)CC2)cc1.Cl. The number of morpholine rings is 1. The standard InChI is InChI=1S/C17H28N4O3S.ClH/c1-25(22,23)18-16-2-4-17(5-3-16)21-10-8-19(9-11-21)6-7-20-12-14-24-15-13-20;/h2-5,18H,6-15H2,1H3;1H. The molecule has 26 heavy (non-hydrogen) atoms. The zero-order valence-electron chi connectivity index (χ0n) is 15.3. The van der Waals surface area contributed by atoms with Gasteiger partial charge in [-0.25, -0.2) is 8.42 Å². The third-order valence-electron chi connectivity index (χ3n) is 4.74. The number of piperazine rings is 1. The van der Waals surface area contributed by atoms with Crippen molar-refractivity contribution in [1.29, 1.82) is 0 Å². The summed E-state index contributed by atoms with van der Waals surface area (Å²) in [7, 11) is -3.22. The second-order valence-corrected chi connectivity index (χ2v) is 8.45. The Hall–Kier alpha value is -1.06. The summed E-state index contributed by atoms with van der Waals surface area (Å²) < 4.78 is 30.4. The number of halogens is 1. The Balaban J connectivity index is 0.00000243. The maximum Gasteiger partial charge on any atom is 0.229 e. The Morgan fingerprint density at radius 2 is 1.46 bits per heavy atom. The van der Waals surface area contributed by atoms with E-state index in [9.17, 15) is 8.42 Å². The Morgan fingerprint density at radius 1 is 0.923 bits per heavy atom. The highest BCUT2D eigenvalue weighted by Gasteiger charge is 2.18. The van der Waals surface area contributed by atoms with Crippen molar-refractivity contribution >= 4 is 33.8 Å². The summed E-state index contributed by atoms with van der Waals surface area (Å²) in [5.41, 5.74) is 1.75. The molecular weight excluding hydrogens is 376 g/mol. The number of anilines is 2. The van der Waals surface area contributed by atoms with E-state index in [1.54, 1.807) is 0 Å². The smallest absolute Gasteiger partial charge is 0.229 e. The molecule has 148 valence electrons. The van der Waals surface area contributed by atoms with Gasteiger partial charge in [0.15, 0.2) is 0 Å². The number of nitrogens with one attached hydrogen (secondary N) is 1. The zero-order chi connectivity index (χ0) is 17.7. The number of nitrogens with zero attached hydrogens (tertiary/aromatic N) is 3. The molecule has 0 spiro atoms. The van der Waals surface area contributed by atoms with Crippen LogP contribution in [0.25, 0.3) is 0 Å². The molecule has 2 fully saturated rings. The molecule has 0 unspecified atom stereocenters. The van der Waals surface area contributed by atoms with E-state index in [1.165, 1.54) is 0 Å². The molecule has 7 nitrogen and oxygen atoms in total. The molecule has 2 heterocycles. The molecule has 0 bridgehead atoms. The number of hydrogen-bond acceptors (Lipinski definition) is 6. The molecule has 0 aromatic heterocycles. The fourth-order valence-corrected chi connectivity index (χ4v) is 3.86. The number of sulfonamides is 1.